The Balaban J connectivity index is 0. The van der Waals surface area contributed by atoms with Gasteiger partial charge in [0.1, 0.15) is 0 Å². The van der Waals surface area contributed by atoms with Gasteiger partial charge in [-0.15, -0.1) is 11.3 Å². The van der Waals surface area contributed by atoms with Crippen molar-refractivity contribution in [3.05, 3.63) is 57.8 Å². The Kier molecular flexibility index (Phi) is 15.0. The van der Waals surface area contributed by atoms with Crippen LogP contribution in [0.2, 0.25) is 0 Å². The number of rotatable bonds is 0. The van der Waals surface area contributed by atoms with E-state index in [1.165, 1.54) is 16.0 Å². The van der Waals surface area contributed by atoms with Crippen molar-refractivity contribution in [3.63, 3.8) is 0 Å². The predicted octanol–water partition coefficient (Wildman–Crippen LogP) is 6.41. The van der Waals surface area contributed by atoms with E-state index in [4.69, 9.17) is 0 Å². The average Bonchev–Trinajstić information content (AvgIpc) is 2.90. The monoisotopic (exact) mass is 264 g/mol. The van der Waals surface area contributed by atoms with Gasteiger partial charge in [-0.1, -0.05) is 69.2 Å². The molecule has 1 aromatic carbocycles. The van der Waals surface area contributed by atoms with Crippen molar-refractivity contribution in [1.29, 1.82) is 0 Å². The molecule has 0 amide bonds. The Morgan fingerprint density at radius 1 is 0.667 bits per heavy atom. The quantitative estimate of drug-likeness (QED) is 0.515. The summed E-state index contributed by atoms with van der Waals surface area (Å²) < 4.78 is 0. The van der Waals surface area contributed by atoms with Gasteiger partial charge >= 0.3 is 0 Å². The van der Waals surface area contributed by atoms with Crippen molar-refractivity contribution in [2.45, 2.75) is 48.5 Å². The lowest BCUT2D eigenvalue weighted by Crippen LogP contribution is -1.70. The standard InChI is InChI=1S/C8H10.C5H6S.2C2H6/c1-7-3-5-8(2)6-4-7;1-5-3-2-4-6-5;2*1-2/h3-6H,1-2H3;2-4H,1H3;2*1-2H3. The van der Waals surface area contributed by atoms with Crippen LogP contribution >= 0.6 is 11.3 Å². The summed E-state index contributed by atoms with van der Waals surface area (Å²) in [6.45, 7) is 14.3. The molecule has 0 saturated carbocycles. The van der Waals surface area contributed by atoms with Crippen LogP contribution < -0.4 is 0 Å². The van der Waals surface area contributed by atoms with Crippen LogP contribution in [0.5, 0.6) is 0 Å². The lowest BCUT2D eigenvalue weighted by atomic mass is 10.2. The minimum atomic E-state index is 1.33. The number of aryl methyl sites for hydroxylation is 3. The van der Waals surface area contributed by atoms with E-state index in [2.05, 4.69) is 62.5 Å². The molecule has 0 unspecified atom stereocenters. The van der Waals surface area contributed by atoms with Gasteiger partial charge in [-0.05, 0) is 32.2 Å². The molecule has 0 spiro atoms. The molecule has 0 bridgehead atoms. The first kappa shape index (κ1) is 19.3. The van der Waals surface area contributed by atoms with Gasteiger partial charge in [0.2, 0.25) is 0 Å². The summed E-state index contributed by atoms with van der Waals surface area (Å²) in [5.41, 5.74) is 2.66. The second-order valence-corrected chi connectivity index (χ2v) is 4.53. The third-order valence-corrected chi connectivity index (χ3v) is 2.68. The van der Waals surface area contributed by atoms with Crippen molar-refractivity contribution in [3.8, 4) is 0 Å². The second-order valence-electron chi connectivity index (χ2n) is 3.38. The highest BCUT2D eigenvalue weighted by Crippen LogP contribution is 2.03. The van der Waals surface area contributed by atoms with Gasteiger partial charge < -0.3 is 0 Å². The molecule has 0 atom stereocenters. The molecule has 0 aliphatic rings. The van der Waals surface area contributed by atoms with Gasteiger partial charge in [0.05, 0.1) is 0 Å². The first-order chi connectivity index (χ1) is 8.68. The van der Waals surface area contributed by atoms with Crippen LogP contribution in [-0.4, -0.2) is 0 Å². The summed E-state index contributed by atoms with van der Waals surface area (Å²) in [4.78, 5) is 1.38. The normalized spacial score (nSPS) is 7.72. The van der Waals surface area contributed by atoms with Crippen LogP contribution in [0.1, 0.15) is 43.7 Å². The Hall–Kier alpha value is -1.08. The van der Waals surface area contributed by atoms with Crippen molar-refractivity contribution >= 4 is 11.3 Å². The number of hydrogen-bond acceptors (Lipinski definition) is 1. The fourth-order valence-electron chi connectivity index (χ4n) is 0.998. The van der Waals surface area contributed by atoms with Crippen molar-refractivity contribution < 1.29 is 0 Å². The topological polar surface area (TPSA) is 0 Å². The van der Waals surface area contributed by atoms with E-state index in [9.17, 15) is 0 Å². The molecule has 0 aliphatic heterocycles. The summed E-state index contributed by atoms with van der Waals surface area (Å²) >= 11 is 1.78. The van der Waals surface area contributed by atoms with E-state index in [1.54, 1.807) is 11.3 Å². The molecule has 2 rings (SSSR count). The molecular weight excluding hydrogens is 236 g/mol. The molecule has 0 aliphatic carbocycles. The maximum atomic E-state index is 2.12. The maximum Gasteiger partial charge on any atom is 0.00141 e. The third-order valence-electron chi connectivity index (χ3n) is 1.88. The fraction of sp³-hybridized carbons (Fsp3) is 0.412. The summed E-state index contributed by atoms with van der Waals surface area (Å²) in [6, 6.07) is 12.6. The first-order valence-electron chi connectivity index (χ1n) is 6.72. The van der Waals surface area contributed by atoms with Crippen LogP contribution in [0.15, 0.2) is 41.8 Å². The van der Waals surface area contributed by atoms with Gasteiger partial charge in [-0.25, -0.2) is 0 Å². The lowest BCUT2D eigenvalue weighted by molar-refractivity contribution is 1.40. The maximum absolute atomic E-state index is 2.12. The van der Waals surface area contributed by atoms with E-state index < -0.39 is 0 Å². The smallest absolute Gasteiger partial charge is 0.00141 e. The van der Waals surface area contributed by atoms with Gasteiger partial charge in [0, 0.05) is 4.88 Å². The van der Waals surface area contributed by atoms with Crippen LogP contribution in [0.4, 0.5) is 0 Å². The van der Waals surface area contributed by atoms with E-state index in [0.717, 1.165) is 0 Å². The van der Waals surface area contributed by atoms with Crippen molar-refractivity contribution in [2.75, 3.05) is 0 Å². The van der Waals surface area contributed by atoms with Crippen LogP contribution in [0.3, 0.4) is 0 Å². The third kappa shape index (κ3) is 11.4. The fourth-order valence-corrected chi connectivity index (χ4v) is 1.53. The molecule has 18 heavy (non-hydrogen) atoms. The van der Waals surface area contributed by atoms with Crippen LogP contribution in [0.25, 0.3) is 0 Å². The van der Waals surface area contributed by atoms with Gasteiger partial charge in [-0.3, -0.25) is 0 Å². The molecule has 0 nitrogen and oxygen atoms in total. The highest BCUT2D eigenvalue weighted by atomic mass is 32.1. The molecular formula is C17H28S. The Morgan fingerprint density at radius 2 is 1.06 bits per heavy atom. The summed E-state index contributed by atoms with van der Waals surface area (Å²) in [6.07, 6.45) is 0. The molecule has 2 aromatic rings. The number of thiophene rings is 1. The van der Waals surface area contributed by atoms with E-state index in [-0.39, 0.29) is 0 Å². The zero-order valence-corrected chi connectivity index (χ0v) is 13.8. The van der Waals surface area contributed by atoms with Crippen molar-refractivity contribution in [2.24, 2.45) is 0 Å². The Labute approximate surface area is 118 Å². The zero-order chi connectivity index (χ0) is 14.4. The van der Waals surface area contributed by atoms with Gasteiger partial charge in [0.25, 0.3) is 0 Å². The summed E-state index contributed by atoms with van der Waals surface area (Å²) in [5.74, 6) is 0. The average molecular weight is 264 g/mol. The Bertz CT molecular complexity index is 323. The molecule has 1 heterocycles. The molecule has 0 saturated heterocycles. The van der Waals surface area contributed by atoms with E-state index in [1.807, 2.05) is 27.7 Å². The molecule has 1 heteroatoms. The minimum absolute atomic E-state index is 1.33. The number of hydrogen-bond donors (Lipinski definition) is 0. The largest absolute Gasteiger partial charge is 0.149 e. The van der Waals surface area contributed by atoms with Gasteiger partial charge in [0.15, 0.2) is 0 Å². The lowest BCUT2D eigenvalue weighted by Gasteiger charge is -1.90. The molecule has 0 radical (unpaired) electrons. The van der Waals surface area contributed by atoms with Crippen molar-refractivity contribution in [1.82, 2.24) is 0 Å². The second kappa shape index (κ2) is 14.0. The molecule has 0 fully saturated rings. The highest BCUT2D eigenvalue weighted by molar-refractivity contribution is 7.09. The van der Waals surface area contributed by atoms with Crippen LogP contribution in [-0.2, 0) is 0 Å². The Morgan fingerprint density at radius 3 is 1.22 bits per heavy atom. The minimum Gasteiger partial charge on any atom is -0.149 e. The molecule has 0 N–H and O–H groups in total. The summed E-state index contributed by atoms with van der Waals surface area (Å²) in [7, 11) is 0. The SMILES string of the molecule is CC.CC.Cc1ccc(C)cc1.Cc1cccs1. The summed E-state index contributed by atoms with van der Waals surface area (Å²) in [5, 5.41) is 2.08. The number of benzene rings is 1. The first-order valence-corrected chi connectivity index (χ1v) is 7.60. The molecule has 1 aromatic heterocycles. The predicted molar refractivity (Wildman–Crippen MR) is 87.7 cm³/mol. The zero-order valence-electron chi connectivity index (χ0n) is 12.9. The van der Waals surface area contributed by atoms with E-state index in [0.29, 0.717) is 0 Å². The molecule has 102 valence electrons. The van der Waals surface area contributed by atoms with Crippen LogP contribution in [0, 0.1) is 20.8 Å². The van der Waals surface area contributed by atoms with E-state index >= 15 is 0 Å². The highest BCUT2D eigenvalue weighted by Gasteiger charge is 1.79. The van der Waals surface area contributed by atoms with Gasteiger partial charge in [-0.2, -0.15) is 0 Å².